The largest absolute Gasteiger partial charge is 0.314 e. The maximum atomic E-state index is 11.7. The van der Waals surface area contributed by atoms with Crippen molar-refractivity contribution in [3.8, 4) is 0 Å². The lowest BCUT2D eigenvalue weighted by atomic mass is 10.0. The van der Waals surface area contributed by atoms with Crippen LogP contribution in [-0.4, -0.2) is 28.2 Å². The summed E-state index contributed by atoms with van der Waals surface area (Å²) >= 11 is 0. The first-order chi connectivity index (χ1) is 7.24. The summed E-state index contributed by atoms with van der Waals surface area (Å²) in [6.07, 6.45) is 7.19. The van der Waals surface area contributed by atoms with Crippen LogP contribution in [0.1, 0.15) is 24.8 Å². The third-order valence-electron chi connectivity index (χ3n) is 2.80. The van der Waals surface area contributed by atoms with Gasteiger partial charge < -0.3 is 5.32 Å². The van der Waals surface area contributed by atoms with Gasteiger partial charge in [-0.15, -0.1) is 0 Å². The zero-order chi connectivity index (χ0) is 10.7. The van der Waals surface area contributed by atoms with Gasteiger partial charge in [-0.1, -0.05) is 0 Å². The predicted molar refractivity (Wildman–Crippen MR) is 57.6 cm³/mol. The molecule has 4 heteroatoms. The van der Waals surface area contributed by atoms with Crippen molar-refractivity contribution in [1.29, 1.82) is 0 Å². The van der Waals surface area contributed by atoms with Gasteiger partial charge in [-0.3, -0.25) is 9.48 Å². The Hall–Kier alpha value is -1.16. The highest BCUT2D eigenvalue weighted by molar-refractivity contribution is 5.81. The maximum Gasteiger partial charge on any atom is 0.138 e. The van der Waals surface area contributed by atoms with E-state index >= 15 is 0 Å². The molecule has 1 unspecified atom stereocenters. The van der Waals surface area contributed by atoms with Crippen molar-refractivity contribution in [1.82, 2.24) is 15.1 Å². The predicted octanol–water partition coefficient (Wildman–Crippen LogP) is 0.674. The Morgan fingerprint density at radius 1 is 1.73 bits per heavy atom. The van der Waals surface area contributed by atoms with Gasteiger partial charge in [0.2, 0.25) is 0 Å². The highest BCUT2D eigenvalue weighted by Gasteiger charge is 2.17. The van der Waals surface area contributed by atoms with E-state index in [1.807, 2.05) is 13.2 Å². The first-order valence-corrected chi connectivity index (χ1v) is 5.46. The Kier molecular flexibility index (Phi) is 3.16. The SMILES string of the molecule is Cn1cc(CC(=O)CC2CCCN2)cn1. The van der Waals surface area contributed by atoms with Crippen molar-refractivity contribution in [2.24, 2.45) is 7.05 Å². The van der Waals surface area contributed by atoms with E-state index in [0.717, 1.165) is 18.5 Å². The average Bonchev–Trinajstić information content (AvgIpc) is 2.77. The van der Waals surface area contributed by atoms with Crippen LogP contribution < -0.4 is 5.32 Å². The molecule has 0 spiro atoms. The summed E-state index contributed by atoms with van der Waals surface area (Å²) in [6.45, 7) is 1.06. The molecule has 1 saturated heterocycles. The second-order valence-corrected chi connectivity index (χ2v) is 4.24. The minimum atomic E-state index is 0.308. The quantitative estimate of drug-likeness (QED) is 0.789. The van der Waals surface area contributed by atoms with E-state index in [-0.39, 0.29) is 0 Å². The molecule has 1 aliphatic heterocycles. The fourth-order valence-corrected chi connectivity index (χ4v) is 2.07. The third kappa shape index (κ3) is 2.89. The van der Waals surface area contributed by atoms with Crippen molar-refractivity contribution in [2.45, 2.75) is 31.7 Å². The third-order valence-corrected chi connectivity index (χ3v) is 2.80. The molecule has 0 saturated carbocycles. The lowest BCUT2D eigenvalue weighted by molar-refractivity contribution is -0.118. The fourth-order valence-electron chi connectivity index (χ4n) is 2.07. The molecule has 4 nitrogen and oxygen atoms in total. The molecular weight excluding hydrogens is 190 g/mol. The fraction of sp³-hybridized carbons (Fsp3) is 0.636. The van der Waals surface area contributed by atoms with Crippen LogP contribution in [-0.2, 0) is 18.3 Å². The molecular formula is C11H17N3O. The highest BCUT2D eigenvalue weighted by Crippen LogP contribution is 2.10. The number of Topliss-reactive ketones (excluding diaryl/α,β-unsaturated/α-hetero) is 1. The Morgan fingerprint density at radius 3 is 3.20 bits per heavy atom. The van der Waals surface area contributed by atoms with Crippen molar-refractivity contribution in [3.05, 3.63) is 18.0 Å². The zero-order valence-corrected chi connectivity index (χ0v) is 9.07. The molecule has 1 N–H and O–H groups in total. The van der Waals surface area contributed by atoms with Gasteiger partial charge in [-0.25, -0.2) is 0 Å². The van der Waals surface area contributed by atoms with E-state index in [9.17, 15) is 4.79 Å². The monoisotopic (exact) mass is 207 g/mol. The lowest BCUT2D eigenvalue weighted by Crippen LogP contribution is -2.25. The molecule has 0 aliphatic carbocycles. The molecule has 1 fully saturated rings. The van der Waals surface area contributed by atoms with E-state index < -0.39 is 0 Å². The van der Waals surface area contributed by atoms with Crippen LogP contribution in [0.4, 0.5) is 0 Å². The number of nitrogens with one attached hydrogen (secondary N) is 1. The van der Waals surface area contributed by atoms with Gasteiger partial charge in [0.25, 0.3) is 0 Å². The number of rotatable bonds is 4. The average molecular weight is 207 g/mol. The second kappa shape index (κ2) is 4.57. The summed E-state index contributed by atoms with van der Waals surface area (Å²) in [6, 6.07) is 0.411. The van der Waals surface area contributed by atoms with Crippen LogP contribution in [0, 0.1) is 0 Å². The minimum absolute atomic E-state index is 0.308. The summed E-state index contributed by atoms with van der Waals surface area (Å²) in [5.41, 5.74) is 1.01. The number of carbonyl (C=O) groups excluding carboxylic acids is 1. The van der Waals surface area contributed by atoms with Crippen molar-refractivity contribution in [3.63, 3.8) is 0 Å². The van der Waals surface area contributed by atoms with Crippen molar-refractivity contribution in [2.75, 3.05) is 6.54 Å². The lowest BCUT2D eigenvalue weighted by Gasteiger charge is -2.07. The number of nitrogens with zero attached hydrogens (tertiary/aromatic N) is 2. The topological polar surface area (TPSA) is 46.9 Å². The first-order valence-electron chi connectivity index (χ1n) is 5.46. The molecule has 0 radical (unpaired) electrons. The molecule has 82 valence electrons. The van der Waals surface area contributed by atoms with E-state index in [1.165, 1.54) is 6.42 Å². The number of aromatic nitrogens is 2. The summed E-state index contributed by atoms with van der Waals surface area (Å²) < 4.78 is 1.73. The highest BCUT2D eigenvalue weighted by atomic mass is 16.1. The molecule has 2 rings (SSSR count). The van der Waals surface area contributed by atoms with Crippen LogP contribution in [0.5, 0.6) is 0 Å². The Bertz CT molecular complexity index is 339. The molecule has 0 aromatic carbocycles. The first kappa shape index (κ1) is 10.4. The Balaban J connectivity index is 1.81. The Labute approximate surface area is 89.7 Å². The van der Waals surface area contributed by atoms with Crippen molar-refractivity contribution >= 4 is 5.78 Å². The van der Waals surface area contributed by atoms with Crippen molar-refractivity contribution < 1.29 is 4.79 Å². The summed E-state index contributed by atoms with van der Waals surface area (Å²) in [5, 5.41) is 7.39. The van der Waals surface area contributed by atoms with E-state index in [2.05, 4.69) is 10.4 Å². The summed E-state index contributed by atoms with van der Waals surface area (Å²) in [4.78, 5) is 11.7. The van der Waals surface area contributed by atoms with Crippen LogP contribution in [0.15, 0.2) is 12.4 Å². The van der Waals surface area contributed by atoms with E-state index in [1.54, 1.807) is 10.9 Å². The van der Waals surface area contributed by atoms with Gasteiger partial charge in [0.05, 0.1) is 6.20 Å². The maximum absolute atomic E-state index is 11.7. The van der Waals surface area contributed by atoms with Gasteiger partial charge in [0, 0.05) is 32.1 Å². The van der Waals surface area contributed by atoms with E-state index in [0.29, 0.717) is 24.7 Å². The molecule has 1 aliphatic rings. The van der Waals surface area contributed by atoms with Crippen LogP contribution >= 0.6 is 0 Å². The normalized spacial score (nSPS) is 20.7. The molecule has 1 aromatic rings. The summed E-state index contributed by atoms with van der Waals surface area (Å²) in [7, 11) is 1.87. The molecule has 15 heavy (non-hydrogen) atoms. The molecule has 0 amide bonds. The van der Waals surface area contributed by atoms with Gasteiger partial charge >= 0.3 is 0 Å². The molecule has 0 bridgehead atoms. The van der Waals surface area contributed by atoms with Gasteiger partial charge in [0.15, 0.2) is 0 Å². The van der Waals surface area contributed by atoms with Gasteiger partial charge in [-0.05, 0) is 24.9 Å². The van der Waals surface area contributed by atoms with Crippen LogP contribution in [0.3, 0.4) is 0 Å². The smallest absolute Gasteiger partial charge is 0.138 e. The minimum Gasteiger partial charge on any atom is -0.314 e. The molecule has 1 aromatic heterocycles. The summed E-state index contributed by atoms with van der Waals surface area (Å²) in [5.74, 6) is 0.308. The van der Waals surface area contributed by atoms with Gasteiger partial charge in [-0.2, -0.15) is 5.10 Å². The van der Waals surface area contributed by atoms with Crippen LogP contribution in [0.25, 0.3) is 0 Å². The standard InChI is InChI=1S/C11H17N3O/c1-14-8-9(7-13-14)5-11(15)6-10-3-2-4-12-10/h7-8,10,12H,2-6H2,1H3. The number of ketones is 1. The number of aryl methyl sites for hydroxylation is 1. The zero-order valence-electron chi connectivity index (χ0n) is 9.07. The number of hydrogen-bond donors (Lipinski definition) is 1. The molecule has 2 heterocycles. The van der Waals surface area contributed by atoms with Gasteiger partial charge in [0.1, 0.15) is 5.78 Å². The molecule has 1 atom stereocenters. The van der Waals surface area contributed by atoms with Crippen LogP contribution in [0.2, 0.25) is 0 Å². The number of hydrogen-bond acceptors (Lipinski definition) is 3. The van der Waals surface area contributed by atoms with E-state index in [4.69, 9.17) is 0 Å². The Morgan fingerprint density at radius 2 is 2.60 bits per heavy atom. The number of carbonyl (C=O) groups is 1. The second-order valence-electron chi connectivity index (χ2n) is 4.24.